The summed E-state index contributed by atoms with van der Waals surface area (Å²) < 4.78 is 0. The van der Waals surface area contributed by atoms with Crippen molar-refractivity contribution in [3.05, 3.63) is 23.4 Å². The molecule has 1 aromatic rings. The molecule has 0 aliphatic heterocycles. The second kappa shape index (κ2) is 7.13. The fourth-order valence-corrected chi connectivity index (χ4v) is 2.65. The lowest BCUT2D eigenvalue weighted by atomic mass is 10.3. The van der Waals surface area contributed by atoms with Crippen molar-refractivity contribution >= 4 is 23.4 Å². The van der Waals surface area contributed by atoms with Gasteiger partial charge in [-0.3, -0.25) is 0 Å². The van der Waals surface area contributed by atoms with Crippen LogP contribution in [0.4, 0.5) is 0 Å². The Morgan fingerprint density at radius 3 is 2.67 bits per heavy atom. The van der Waals surface area contributed by atoms with E-state index in [2.05, 4.69) is 24.0 Å². The van der Waals surface area contributed by atoms with Gasteiger partial charge in [0.05, 0.1) is 5.03 Å². The van der Waals surface area contributed by atoms with Gasteiger partial charge in [-0.25, -0.2) is 4.98 Å². The molecule has 0 atom stereocenters. The van der Waals surface area contributed by atoms with Crippen LogP contribution < -0.4 is 0 Å². The first-order chi connectivity index (χ1) is 7.22. The Labute approximate surface area is 102 Å². The molecule has 0 spiro atoms. The Bertz CT molecular complexity index is 281. The molecule has 0 radical (unpaired) electrons. The first-order valence-corrected chi connectivity index (χ1v) is 6.88. The van der Waals surface area contributed by atoms with Gasteiger partial charge in [0.2, 0.25) is 0 Å². The number of aryl methyl sites for hydroxylation is 2. The summed E-state index contributed by atoms with van der Waals surface area (Å²) in [6, 6.07) is 4.26. The Morgan fingerprint density at radius 1 is 1.20 bits per heavy atom. The molecule has 1 heterocycles. The van der Waals surface area contributed by atoms with Gasteiger partial charge in [-0.15, -0.1) is 23.4 Å². The number of unbranched alkanes of at least 4 members (excludes halogenated alkanes) is 2. The van der Waals surface area contributed by atoms with Crippen LogP contribution in [0.15, 0.2) is 17.2 Å². The van der Waals surface area contributed by atoms with Crippen molar-refractivity contribution in [2.24, 2.45) is 0 Å². The van der Waals surface area contributed by atoms with E-state index < -0.39 is 0 Å². The number of pyridine rings is 1. The average Bonchev–Trinajstić information content (AvgIpc) is 2.16. The van der Waals surface area contributed by atoms with Crippen LogP contribution in [0.5, 0.6) is 0 Å². The van der Waals surface area contributed by atoms with Crippen LogP contribution >= 0.6 is 23.4 Å². The highest BCUT2D eigenvalue weighted by atomic mass is 35.5. The van der Waals surface area contributed by atoms with Gasteiger partial charge in [-0.1, -0.05) is 6.42 Å². The van der Waals surface area contributed by atoms with Gasteiger partial charge in [0.15, 0.2) is 0 Å². The van der Waals surface area contributed by atoms with Crippen LogP contribution in [0.2, 0.25) is 0 Å². The zero-order valence-corrected chi connectivity index (χ0v) is 11.0. The van der Waals surface area contributed by atoms with Crippen LogP contribution in [0, 0.1) is 13.8 Å². The maximum Gasteiger partial charge on any atom is 0.0965 e. The van der Waals surface area contributed by atoms with E-state index in [0.29, 0.717) is 0 Å². The molecular weight excluding hydrogens is 226 g/mol. The van der Waals surface area contributed by atoms with Crippen LogP contribution in [0.3, 0.4) is 0 Å². The summed E-state index contributed by atoms with van der Waals surface area (Å²) in [6.07, 6.45) is 3.58. The molecule has 1 nitrogen and oxygen atoms in total. The SMILES string of the molecule is Cc1cc(C)nc(SCCCCCCl)c1. The molecule has 1 rings (SSSR count). The molecular formula is C12H18ClNS. The van der Waals surface area contributed by atoms with Crippen molar-refractivity contribution in [1.82, 2.24) is 4.98 Å². The Morgan fingerprint density at radius 2 is 2.00 bits per heavy atom. The maximum atomic E-state index is 5.62. The largest absolute Gasteiger partial charge is 0.247 e. The smallest absolute Gasteiger partial charge is 0.0965 e. The summed E-state index contributed by atoms with van der Waals surface area (Å²) in [5, 5.41) is 1.15. The van der Waals surface area contributed by atoms with Gasteiger partial charge in [0.25, 0.3) is 0 Å². The molecule has 0 N–H and O–H groups in total. The predicted molar refractivity (Wildman–Crippen MR) is 69.0 cm³/mol. The summed E-state index contributed by atoms with van der Waals surface area (Å²) in [6.45, 7) is 4.16. The Kier molecular flexibility index (Phi) is 6.11. The minimum Gasteiger partial charge on any atom is -0.247 e. The molecule has 0 unspecified atom stereocenters. The van der Waals surface area contributed by atoms with Gasteiger partial charge in [0, 0.05) is 11.6 Å². The predicted octanol–water partition coefficient (Wildman–Crippen LogP) is 4.20. The summed E-state index contributed by atoms with van der Waals surface area (Å²) in [7, 11) is 0. The standard InChI is InChI=1S/C12H18ClNS/c1-10-8-11(2)14-12(9-10)15-7-5-3-4-6-13/h8-9H,3-7H2,1-2H3. The number of halogens is 1. The molecule has 0 aliphatic rings. The number of nitrogens with zero attached hydrogens (tertiary/aromatic N) is 1. The fraction of sp³-hybridized carbons (Fsp3) is 0.583. The van der Waals surface area contributed by atoms with E-state index in [4.69, 9.17) is 11.6 Å². The first kappa shape index (κ1) is 12.9. The van der Waals surface area contributed by atoms with Crippen molar-refractivity contribution in [2.45, 2.75) is 38.1 Å². The second-order valence-corrected chi connectivity index (χ2v) is 5.22. The topological polar surface area (TPSA) is 12.9 Å². The molecule has 0 aromatic carbocycles. The normalized spacial score (nSPS) is 10.6. The lowest BCUT2D eigenvalue weighted by molar-refractivity contribution is 0.782. The molecule has 0 amide bonds. The van der Waals surface area contributed by atoms with Gasteiger partial charge >= 0.3 is 0 Å². The summed E-state index contributed by atoms with van der Waals surface area (Å²) in [5.74, 6) is 1.93. The number of hydrogen-bond acceptors (Lipinski definition) is 2. The van der Waals surface area contributed by atoms with Crippen LogP contribution in [-0.4, -0.2) is 16.6 Å². The molecule has 15 heavy (non-hydrogen) atoms. The molecule has 0 saturated carbocycles. The van der Waals surface area contributed by atoms with Crippen LogP contribution in [0.25, 0.3) is 0 Å². The van der Waals surface area contributed by atoms with E-state index >= 15 is 0 Å². The van der Waals surface area contributed by atoms with E-state index in [1.807, 2.05) is 18.7 Å². The molecule has 3 heteroatoms. The molecule has 1 aromatic heterocycles. The summed E-state index contributed by atoms with van der Waals surface area (Å²) >= 11 is 7.46. The Hall–Kier alpha value is -0.210. The number of aromatic nitrogens is 1. The van der Waals surface area contributed by atoms with Gasteiger partial charge in [-0.2, -0.15) is 0 Å². The third-order valence-corrected chi connectivity index (χ3v) is 3.37. The van der Waals surface area contributed by atoms with E-state index in [-0.39, 0.29) is 0 Å². The van der Waals surface area contributed by atoms with Crippen molar-refractivity contribution in [3.8, 4) is 0 Å². The lowest BCUT2D eigenvalue weighted by Gasteiger charge is -2.03. The molecule has 0 fully saturated rings. The fourth-order valence-electron chi connectivity index (χ4n) is 1.43. The maximum absolute atomic E-state index is 5.62. The minimum absolute atomic E-state index is 0.784. The minimum atomic E-state index is 0.784. The van der Waals surface area contributed by atoms with Crippen molar-refractivity contribution < 1.29 is 0 Å². The third-order valence-electron chi connectivity index (χ3n) is 2.10. The molecule has 0 aliphatic carbocycles. The number of hydrogen-bond donors (Lipinski definition) is 0. The third kappa shape index (κ3) is 5.43. The van der Waals surface area contributed by atoms with Crippen molar-refractivity contribution in [3.63, 3.8) is 0 Å². The van der Waals surface area contributed by atoms with Crippen molar-refractivity contribution in [1.29, 1.82) is 0 Å². The number of thioether (sulfide) groups is 1. The van der Waals surface area contributed by atoms with Gasteiger partial charge in [0.1, 0.15) is 0 Å². The van der Waals surface area contributed by atoms with E-state index in [0.717, 1.165) is 28.8 Å². The highest BCUT2D eigenvalue weighted by Crippen LogP contribution is 2.19. The monoisotopic (exact) mass is 243 g/mol. The molecule has 0 saturated heterocycles. The van der Waals surface area contributed by atoms with E-state index in [9.17, 15) is 0 Å². The van der Waals surface area contributed by atoms with Crippen molar-refractivity contribution in [2.75, 3.05) is 11.6 Å². The van der Waals surface area contributed by atoms with E-state index in [1.54, 1.807) is 0 Å². The van der Waals surface area contributed by atoms with Crippen LogP contribution in [-0.2, 0) is 0 Å². The van der Waals surface area contributed by atoms with E-state index in [1.165, 1.54) is 18.4 Å². The summed E-state index contributed by atoms with van der Waals surface area (Å²) in [4.78, 5) is 4.49. The van der Waals surface area contributed by atoms with Crippen LogP contribution in [0.1, 0.15) is 30.5 Å². The highest BCUT2D eigenvalue weighted by molar-refractivity contribution is 7.99. The zero-order chi connectivity index (χ0) is 11.1. The molecule has 0 bridgehead atoms. The van der Waals surface area contributed by atoms with Gasteiger partial charge < -0.3 is 0 Å². The quantitative estimate of drug-likeness (QED) is 0.422. The molecule has 84 valence electrons. The average molecular weight is 244 g/mol. The van der Waals surface area contributed by atoms with Gasteiger partial charge in [-0.05, 0) is 50.1 Å². The lowest BCUT2D eigenvalue weighted by Crippen LogP contribution is -1.89. The highest BCUT2D eigenvalue weighted by Gasteiger charge is 1.98. The summed E-state index contributed by atoms with van der Waals surface area (Å²) in [5.41, 5.74) is 2.41. The second-order valence-electron chi connectivity index (χ2n) is 3.72. The zero-order valence-electron chi connectivity index (χ0n) is 9.42. The number of rotatable bonds is 6. The first-order valence-electron chi connectivity index (χ1n) is 5.36. The Balaban J connectivity index is 2.31. The number of alkyl halides is 1.